The van der Waals surface area contributed by atoms with Gasteiger partial charge in [-0.25, -0.2) is 0 Å². The summed E-state index contributed by atoms with van der Waals surface area (Å²) in [4.78, 5) is 27.7. The number of hydrogen-bond acceptors (Lipinski definition) is 8. The second kappa shape index (κ2) is 9.75. The van der Waals surface area contributed by atoms with Crippen molar-refractivity contribution in [3.63, 3.8) is 0 Å². The number of phenols is 1. The van der Waals surface area contributed by atoms with E-state index >= 15 is 0 Å². The molecule has 3 rings (SSSR count). The van der Waals surface area contributed by atoms with Crippen LogP contribution in [0.25, 0.3) is 0 Å². The van der Waals surface area contributed by atoms with Crippen LogP contribution in [-0.4, -0.2) is 64.9 Å². The van der Waals surface area contributed by atoms with E-state index in [0.29, 0.717) is 17.0 Å². The van der Waals surface area contributed by atoms with E-state index in [-0.39, 0.29) is 43.4 Å². The lowest BCUT2D eigenvalue weighted by Gasteiger charge is -2.27. The van der Waals surface area contributed by atoms with Crippen LogP contribution in [0.4, 0.5) is 0 Å². The van der Waals surface area contributed by atoms with Crippen LogP contribution in [0.1, 0.15) is 28.2 Å². The van der Waals surface area contributed by atoms with Gasteiger partial charge in [-0.2, -0.15) is 0 Å². The molecular weight excluding hydrogens is 410 g/mol. The number of hydrogen-bond donors (Lipinski definition) is 3. The third-order valence-corrected chi connectivity index (χ3v) is 5.47. The molecule has 0 aliphatic carbocycles. The molecule has 30 heavy (non-hydrogen) atoms. The number of rotatable bonds is 10. The average molecular weight is 433 g/mol. The molecule has 1 amide bonds. The molecule has 0 bridgehead atoms. The minimum Gasteiger partial charge on any atom is -0.504 e. The SMILES string of the molecule is CCOc1cc(C2C(C(=O)c3cccs3)=C(O)C(=O)N2CCOCCO)ccc1O. The molecule has 1 aromatic carbocycles. The lowest BCUT2D eigenvalue weighted by molar-refractivity contribution is -0.130. The number of aliphatic hydroxyl groups is 2. The highest BCUT2D eigenvalue weighted by atomic mass is 32.1. The van der Waals surface area contributed by atoms with Crippen LogP contribution in [-0.2, 0) is 9.53 Å². The molecule has 2 aromatic rings. The standard InChI is InChI=1S/C21H23NO7S/c1-2-29-15-12-13(5-6-14(15)24)18-17(19(25)16-4-3-11-30-16)20(26)21(27)22(18)7-9-28-10-8-23/h3-6,11-12,18,23-24,26H,2,7-10H2,1H3. The second-order valence-corrected chi connectivity index (χ2v) is 7.41. The lowest BCUT2D eigenvalue weighted by atomic mass is 9.95. The van der Waals surface area contributed by atoms with Gasteiger partial charge >= 0.3 is 0 Å². The molecule has 0 fully saturated rings. The van der Waals surface area contributed by atoms with Gasteiger partial charge in [0, 0.05) is 6.54 Å². The van der Waals surface area contributed by atoms with E-state index in [2.05, 4.69) is 0 Å². The van der Waals surface area contributed by atoms with E-state index in [1.54, 1.807) is 36.6 Å². The number of ether oxygens (including phenoxy) is 2. The Morgan fingerprint density at radius 3 is 2.70 bits per heavy atom. The number of aromatic hydroxyl groups is 1. The van der Waals surface area contributed by atoms with Crippen molar-refractivity contribution in [2.24, 2.45) is 0 Å². The molecule has 0 radical (unpaired) electrons. The first kappa shape index (κ1) is 21.8. The molecule has 0 saturated carbocycles. The minimum atomic E-state index is -0.871. The number of carbonyl (C=O) groups excluding carboxylic acids is 2. The van der Waals surface area contributed by atoms with Gasteiger partial charge in [0.2, 0.25) is 5.78 Å². The summed E-state index contributed by atoms with van der Waals surface area (Å²) in [5.74, 6) is -1.58. The van der Waals surface area contributed by atoms with Gasteiger partial charge in [-0.1, -0.05) is 12.1 Å². The summed E-state index contributed by atoms with van der Waals surface area (Å²) in [5, 5.41) is 31.2. The summed E-state index contributed by atoms with van der Waals surface area (Å²) in [6, 6.07) is 7.04. The number of nitrogens with zero attached hydrogens (tertiary/aromatic N) is 1. The number of thiophene rings is 1. The zero-order chi connectivity index (χ0) is 21.7. The quantitative estimate of drug-likeness (QED) is 0.389. The van der Waals surface area contributed by atoms with E-state index in [1.807, 2.05) is 0 Å². The lowest BCUT2D eigenvalue weighted by Crippen LogP contribution is -2.34. The zero-order valence-electron chi connectivity index (χ0n) is 16.4. The van der Waals surface area contributed by atoms with Gasteiger partial charge in [0.1, 0.15) is 0 Å². The molecule has 9 heteroatoms. The van der Waals surface area contributed by atoms with Crippen LogP contribution in [0.15, 0.2) is 47.0 Å². The first-order valence-corrected chi connectivity index (χ1v) is 10.3. The number of Topliss-reactive ketones (excluding diaryl/α,β-unsaturated/α-hetero) is 1. The van der Waals surface area contributed by atoms with Gasteiger partial charge in [-0.3, -0.25) is 9.59 Å². The molecule has 2 heterocycles. The molecule has 0 saturated heterocycles. The molecule has 1 atom stereocenters. The highest BCUT2D eigenvalue weighted by Crippen LogP contribution is 2.41. The van der Waals surface area contributed by atoms with E-state index < -0.39 is 23.5 Å². The fourth-order valence-corrected chi connectivity index (χ4v) is 3.98. The number of carbonyl (C=O) groups is 2. The van der Waals surface area contributed by atoms with Gasteiger partial charge in [0.15, 0.2) is 17.3 Å². The zero-order valence-corrected chi connectivity index (χ0v) is 17.2. The summed E-state index contributed by atoms with van der Waals surface area (Å²) in [6.45, 7) is 2.26. The molecule has 8 nitrogen and oxygen atoms in total. The smallest absolute Gasteiger partial charge is 0.290 e. The van der Waals surface area contributed by atoms with Crippen molar-refractivity contribution in [2.45, 2.75) is 13.0 Å². The fourth-order valence-electron chi connectivity index (χ4n) is 3.30. The van der Waals surface area contributed by atoms with E-state index in [9.17, 15) is 19.8 Å². The Hall–Kier alpha value is -2.88. The largest absolute Gasteiger partial charge is 0.504 e. The molecule has 1 aliphatic rings. The monoisotopic (exact) mass is 433 g/mol. The Morgan fingerprint density at radius 2 is 2.03 bits per heavy atom. The summed E-state index contributed by atoms with van der Waals surface area (Å²) in [6.07, 6.45) is 0. The summed E-state index contributed by atoms with van der Waals surface area (Å²) in [5.41, 5.74) is 0.480. The molecule has 0 spiro atoms. The normalized spacial score (nSPS) is 16.4. The molecule has 1 aromatic heterocycles. The van der Waals surface area contributed by atoms with E-state index in [4.69, 9.17) is 14.6 Å². The van der Waals surface area contributed by atoms with Gasteiger partial charge < -0.3 is 29.7 Å². The Balaban J connectivity index is 2.02. The van der Waals surface area contributed by atoms with E-state index in [0.717, 1.165) is 0 Å². The van der Waals surface area contributed by atoms with Crippen LogP contribution in [0.3, 0.4) is 0 Å². The molecule has 160 valence electrons. The molecule has 1 aliphatic heterocycles. The maximum atomic E-state index is 13.1. The van der Waals surface area contributed by atoms with Gasteiger partial charge in [0.05, 0.1) is 42.9 Å². The van der Waals surface area contributed by atoms with Crippen molar-refractivity contribution in [1.82, 2.24) is 4.90 Å². The second-order valence-electron chi connectivity index (χ2n) is 6.47. The first-order chi connectivity index (χ1) is 14.5. The Labute approximate surface area is 177 Å². The predicted octanol–water partition coefficient (Wildman–Crippen LogP) is 2.44. The van der Waals surface area contributed by atoms with Crippen molar-refractivity contribution in [3.8, 4) is 11.5 Å². The van der Waals surface area contributed by atoms with Gasteiger partial charge in [-0.05, 0) is 36.1 Å². The van der Waals surface area contributed by atoms with E-state index in [1.165, 1.54) is 22.3 Å². The topological polar surface area (TPSA) is 117 Å². The number of aliphatic hydroxyl groups excluding tert-OH is 2. The van der Waals surface area contributed by atoms with Crippen molar-refractivity contribution in [3.05, 3.63) is 57.5 Å². The summed E-state index contributed by atoms with van der Waals surface area (Å²) >= 11 is 1.22. The third-order valence-electron chi connectivity index (χ3n) is 4.60. The molecule has 3 N–H and O–H groups in total. The van der Waals surface area contributed by atoms with Crippen molar-refractivity contribution in [1.29, 1.82) is 0 Å². The van der Waals surface area contributed by atoms with Crippen LogP contribution >= 0.6 is 11.3 Å². The maximum Gasteiger partial charge on any atom is 0.290 e. The molecular formula is C21H23NO7S. The van der Waals surface area contributed by atoms with Crippen molar-refractivity contribution in [2.75, 3.05) is 33.0 Å². The third kappa shape index (κ3) is 4.33. The first-order valence-electron chi connectivity index (χ1n) is 9.46. The Kier molecular flexibility index (Phi) is 7.09. The van der Waals surface area contributed by atoms with Gasteiger partial charge in [-0.15, -0.1) is 11.3 Å². The average Bonchev–Trinajstić information content (AvgIpc) is 3.35. The number of benzene rings is 1. The molecule has 1 unspecified atom stereocenters. The Morgan fingerprint density at radius 1 is 1.23 bits per heavy atom. The minimum absolute atomic E-state index is 0.0299. The number of phenolic OH excluding ortho intramolecular Hbond substituents is 1. The highest BCUT2D eigenvalue weighted by Gasteiger charge is 2.44. The summed E-state index contributed by atoms with van der Waals surface area (Å²) < 4.78 is 10.7. The maximum absolute atomic E-state index is 13.1. The summed E-state index contributed by atoms with van der Waals surface area (Å²) in [7, 11) is 0. The van der Waals surface area contributed by atoms with Crippen LogP contribution < -0.4 is 4.74 Å². The number of amides is 1. The van der Waals surface area contributed by atoms with Crippen LogP contribution in [0.2, 0.25) is 0 Å². The highest BCUT2D eigenvalue weighted by molar-refractivity contribution is 7.12. The van der Waals surface area contributed by atoms with Crippen molar-refractivity contribution < 1.29 is 34.4 Å². The predicted molar refractivity (Wildman–Crippen MR) is 110 cm³/mol. The van der Waals surface area contributed by atoms with Crippen LogP contribution in [0, 0.1) is 0 Å². The van der Waals surface area contributed by atoms with Gasteiger partial charge in [0.25, 0.3) is 5.91 Å². The Bertz CT molecular complexity index is 939. The number of ketones is 1. The van der Waals surface area contributed by atoms with Crippen molar-refractivity contribution >= 4 is 23.0 Å². The van der Waals surface area contributed by atoms with Crippen LogP contribution in [0.5, 0.6) is 11.5 Å². The fraction of sp³-hybridized carbons (Fsp3) is 0.333.